The van der Waals surface area contributed by atoms with Crippen LogP contribution in [0.5, 0.6) is 0 Å². The highest BCUT2D eigenvalue weighted by Crippen LogP contribution is 2.27. The average molecular weight is 410 g/mol. The number of hydrogen-bond donors (Lipinski definition) is 1. The maximum Gasteiger partial charge on any atom is 0.339 e. The van der Waals surface area contributed by atoms with Crippen LogP contribution in [0.3, 0.4) is 0 Å². The summed E-state index contributed by atoms with van der Waals surface area (Å²) in [6, 6.07) is 16.3. The first kappa shape index (κ1) is 20.9. The molecule has 2 aromatic carbocycles. The Kier molecular flexibility index (Phi) is 7.68. The summed E-state index contributed by atoms with van der Waals surface area (Å²) in [7, 11) is 0. The van der Waals surface area contributed by atoms with E-state index in [1.807, 2.05) is 12.1 Å². The highest BCUT2D eigenvalue weighted by molar-refractivity contribution is 7.99. The summed E-state index contributed by atoms with van der Waals surface area (Å²) < 4.78 is 10.8. The molecule has 1 N–H and O–H groups in total. The van der Waals surface area contributed by atoms with Gasteiger partial charge in [-0.15, -0.1) is 11.8 Å². The Morgan fingerprint density at radius 2 is 2.00 bits per heavy atom. The van der Waals surface area contributed by atoms with Gasteiger partial charge in [-0.3, -0.25) is 4.79 Å². The molecule has 0 aliphatic carbocycles. The van der Waals surface area contributed by atoms with Crippen LogP contribution in [0.25, 0.3) is 0 Å². The summed E-state index contributed by atoms with van der Waals surface area (Å²) in [4.78, 5) is 25.4. The second kappa shape index (κ2) is 10.6. The van der Waals surface area contributed by atoms with E-state index in [1.165, 1.54) is 0 Å². The van der Waals surface area contributed by atoms with Crippen LogP contribution in [0.2, 0.25) is 0 Å². The molecule has 2 aromatic rings. The van der Waals surface area contributed by atoms with Crippen LogP contribution < -0.4 is 5.32 Å². The number of anilines is 1. The number of nitrogens with one attached hydrogen (secondary N) is 1. The molecule has 0 bridgehead atoms. The lowest BCUT2D eigenvalue weighted by Gasteiger charge is -2.12. The molecule has 6 nitrogen and oxygen atoms in total. The molecular formula is C22H22N2O4S. The van der Waals surface area contributed by atoms with E-state index in [4.69, 9.17) is 14.7 Å². The van der Waals surface area contributed by atoms with Crippen LogP contribution >= 0.6 is 11.8 Å². The van der Waals surface area contributed by atoms with E-state index in [-0.39, 0.29) is 12.7 Å². The number of hydrogen-bond acceptors (Lipinski definition) is 6. The van der Waals surface area contributed by atoms with E-state index in [9.17, 15) is 9.59 Å². The van der Waals surface area contributed by atoms with Crippen molar-refractivity contribution >= 4 is 29.3 Å². The van der Waals surface area contributed by atoms with Crippen molar-refractivity contribution in [1.29, 1.82) is 5.26 Å². The molecule has 0 spiro atoms. The van der Waals surface area contributed by atoms with Gasteiger partial charge in [0.15, 0.2) is 6.61 Å². The van der Waals surface area contributed by atoms with Crippen LogP contribution in [0.15, 0.2) is 53.4 Å². The summed E-state index contributed by atoms with van der Waals surface area (Å²) in [6.45, 7) is 0.425. The zero-order chi connectivity index (χ0) is 20.5. The average Bonchev–Trinajstić information content (AvgIpc) is 3.26. The van der Waals surface area contributed by atoms with Crippen molar-refractivity contribution in [2.45, 2.75) is 30.3 Å². The normalized spacial score (nSPS) is 15.5. The van der Waals surface area contributed by atoms with Gasteiger partial charge in [0.2, 0.25) is 0 Å². The third-order valence-electron chi connectivity index (χ3n) is 4.41. The Morgan fingerprint density at radius 3 is 2.72 bits per heavy atom. The first-order chi connectivity index (χ1) is 14.2. The number of amides is 1. The predicted molar refractivity (Wildman–Crippen MR) is 111 cm³/mol. The lowest BCUT2D eigenvalue weighted by molar-refractivity contribution is -0.119. The van der Waals surface area contributed by atoms with Gasteiger partial charge >= 0.3 is 5.97 Å². The van der Waals surface area contributed by atoms with Gasteiger partial charge in [-0.2, -0.15) is 5.26 Å². The van der Waals surface area contributed by atoms with Crippen molar-refractivity contribution < 1.29 is 19.1 Å². The molecule has 1 amide bonds. The lowest BCUT2D eigenvalue weighted by Crippen LogP contribution is -2.21. The third kappa shape index (κ3) is 6.34. The first-order valence-corrected chi connectivity index (χ1v) is 10.4. The molecule has 150 valence electrons. The van der Waals surface area contributed by atoms with E-state index in [1.54, 1.807) is 48.2 Å². The molecule has 1 heterocycles. The Labute approximate surface area is 174 Å². The number of carbonyl (C=O) groups excluding carboxylic acids is 2. The molecular weight excluding hydrogens is 388 g/mol. The van der Waals surface area contributed by atoms with Gasteiger partial charge in [0, 0.05) is 22.9 Å². The first-order valence-electron chi connectivity index (χ1n) is 9.42. The standard InChI is InChI=1S/C22H22N2O4S/c23-12-11-16-7-9-17(10-8-16)24-21(25)14-28-22(26)19-5-1-2-6-20(19)29-15-18-4-3-13-27-18/h1-2,5-10,18H,3-4,11,13-15H2,(H,24,25)/t18-/m1/s1. The van der Waals surface area contributed by atoms with Crippen molar-refractivity contribution in [3.63, 3.8) is 0 Å². The number of rotatable bonds is 8. The van der Waals surface area contributed by atoms with Gasteiger partial charge in [0.1, 0.15) is 0 Å². The second-order valence-corrected chi connectivity index (χ2v) is 7.66. The van der Waals surface area contributed by atoms with Gasteiger partial charge in [-0.1, -0.05) is 24.3 Å². The quantitative estimate of drug-likeness (QED) is 0.526. The summed E-state index contributed by atoms with van der Waals surface area (Å²) in [5.74, 6) is -0.164. The minimum Gasteiger partial charge on any atom is -0.452 e. The summed E-state index contributed by atoms with van der Waals surface area (Å²) >= 11 is 1.57. The van der Waals surface area contributed by atoms with E-state index >= 15 is 0 Å². The van der Waals surface area contributed by atoms with Crippen LogP contribution in [0.1, 0.15) is 28.8 Å². The highest BCUT2D eigenvalue weighted by atomic mass is 32.2. The molecule has 3 rings (SSSR count). The number of thioether (sulfide) groups is 1. The zero-order valence-corrected chi connectivity index (χ0v) is 16.7. The van der Waals surface area contributed by atoms with Crippen LogP contribution in [0, 0.1) is 11.3 Å². The van der Waals surface area contributed by atoms with Crippen molar-refractivity contribution in [3.8, 4) is 6.07 Å². The lowest BCUT2D eigenvalue weighted by atomic mass is 10.1. The molecule has 0 radical (unpaired) electrons. The fourth-order valence-electron chi connectivity index (χ4n) is 2.92. The number of benzene rings is 2. The topological polar surface area (TPSA) is 88.4 Å². The monoisotopic (exact) mass is 410 g/mol. The molecule has 1 aliphatic heterocycles. The molecule has 1 atom stereocenters. The van der Waals surface area contributed by atoms with E-state index in [0.717, 1.165) is 35.7 Å². The molecule has 1 saturated heterocycles. The van der Waals surface area contributed by atoms with Gasteiger partial charge in [-0.25, -0.2) is 4.79 Å². The summed E-state index contributed by atoms with van der Waals surface area (Å²) in [5.41, 5.74) is 1.90. The SMILES string of the molecule is N#CCc1ccc(NC(=O)COC(=O)c2ccccc2SC[C@H]2CCCO2)cc1. The third-order valence-corrected chi connectivity index (χ3v) is 5.62. The Hall–Kier alpha value is -2.82. The van der Waals surface area contributed by atoms with Crippen LogP contribution in [-0.2, 0) is 20.7 Å². The number of ether oxygens (including phenoxy) is 2. The molecule has 0 saturated carbocycles. The maximum absolute atomic E-state index is 12.5. The van der Waals surface area contributed by atoms with Gasteiger partial charge in [0.25, 0.3) is 5.91 Å². The zero-order valence-electron chi connectivity index (χ0n) is 15.9. The molecule has 0 aromatic heterocycles. The number of esters is 1. The smallest absolute Gasteiger partial charge is 0.339 e. The minimum absolute atomic E-state index is 0.217. The number of nitrogens with zero attached hydrogens (tertiary/aromatic N) is 1. The Balaban J connectivity index is 1.50. The van der Waals surface area contributed by atoms with Crippen molar-refractivity contribution in [1.82, 2.24) is 0 Å². The second-order valence-electron chi connectivity index (χ2n) is 6.60. The van der Waals surface area contributed by atoms with Gasteiger partial charge in [-0.05, 0) is 42.7 Å². The minimum atomic E-state index is -0.528. The molecule has 1 aliphatic rings. The van der Waals surface area contributed by atoms with E-state index in [2.05, 4.69) is 11.4 Å². The van der Waals surface area contributed by atoms with Crippen molar-refractivity contribution in [3.05, 3.63) is 59.7 Å². The molecule has 7 heteroatoms. The maximum atomic E-state index is 12.5. The molecule has 1 fully saturated rings. The fraction of sp³-hybridized carbons (Fsp3) is 0.318. The number of carbonyl (C=O) groups is 2. The summed E-state index contributed by atoms with van der Waals surface area (Å²) in [5, 5.41) is 11.4. The number of nitriles is 1. The van der Waals surface area contributed by atoms with Gasteiger partial charge < -0.3 is 14.8 Å². The molecule has 0 unspecified atom stereocenters. The van der Waals surface area contributed by atoms with Crippen molar-refractivity contribution in [2.75, 3.05) is 24.3 Å². The molecule has 29 heavy (non-hydrogen) atoms. The predicted octanol–water partition coefficient (Wildman–Crippen LogP) is 3.82. The largest absolute Gasteiger partial charge is 0.452 e. The fourth-order valence-corrected chi connectivity index (χ4v) is 4.03. The highest BCUT2D eigenvalue weighted by Gasteiger charge is 2.19. The Morgan fingerprint density at radius 1 is 1.21 bits per heavy atom. The van der Waals surface area contributed by atoms with E-state index in [0.29, 0.717) is 17.7 Å². The van der Waals surface area contributed by atoms with E-state index < -0.39 is 11.9 Å². The van der Waals surface area contributed by atoms with Crippen molar-refractivity contribution in [2.24, 2.45) is 0 Å². The van der Waals surface area contributed by atoms with Gasteiger partial charge in [0.05, 0.1) is 24.2 Å². The Bertz CT molecular complexity index is 886. The van der Waals surface area contributed by atoms with Crippen LogP contribution in [-0.4, -0.2) is 36.9 Å². The summed E-state index contributed by atoms with van der Waals surface area (Å²) in [6.07, 6.45) is 2.65. The van der Waals surface area contributed by atoms with Crippen LogP contribution in [0.4, 0.5) is 5.69 Å².